The maximum absolute atomic E-state index is 5.77. The molecule has 1 aromatic heterocycles. The molecule has 2 aromatic rings. The summed E-state index contributed by atoms with van der Waals surface area (Å²) >= 11 is 0. The zero-order valence-electron chi connectivity index (χ0n) is 12.3. The van der Waals surface area contributed by atoms with Crippen molar-refractivity contribution in [2.45, 2.75) is 26.4 Å². The summed E-state index contributed by atoms with van der Waals surface area (Å²) in [5.41, 5.74) is 10.6. The van der Waals surface area contributed by atoms with E-state index in [1.807, 2.05) is 19.1 Å². The van der Waals surface area contributed by atoms with Gasteiger partial charge in [-0.1, -0.05) is 30.3 Å². The number of nitrogens with zero attached hydrogens (tertiary/aromatic N) is 2. The number of hydrogen-bond acceptors (Lipinski definition) is 3. The molecule has 0 fully saturated rings. The summed E-state index contributed by atoms with van der Waals surface area (Å²) in [4.78, 5) is 6.84. The Morgan fingerprint density at radius 1 is 1.05 bits per heavy atom. The Morgan fingerprint density at radius 3 is 2.50 bits per heavy atom. The Labute approximate surface area is 121 Å². The molecule has 0 saturated carbocycles. The predicted octanol–water partition coefficient (Wildman–Crippen LogP) is 2.52. The van der Waals surface area contributed by atoms with Crippen molar-refractivity contribution in [3.63, 3.8) is 0 Å². The molecule has 0 radical (unpaired) electrons. The van der Waals surface area contributed by atoms with Gasteiger partial charge in [-0.05, 0) is 43.7 Å². The van der Waals surface area contributed by atoms with E-state index in [0.717, 1.165) is 30.9 Å². The average molecular weight is 269 g/mol. The third-order valence-electron chi connectivity index (χ3n) is 3.48. The Bertz CT molecular complexity index is 551. The van der Waals surface area contributed by atoms with Crippen molar-refractivity contribution in [2.75, 3.05) is 13.6 Å². The van der Waals surface area contributed by atoms with Crippen molar-refractivity contribution in [1.29, 1.82) is 0 Å². The van der Waals surface area contributed by atoms with Crippen molar-refractivity contribution < 1.29 is 0 Å². The number of hydrogen-bond donors (Lipinski definition) is 1. The van der Waals surface area contributed by atoms with Gasteiger partial charge in [0, 0.05) is 25.3 Å². The number of benzene rings is 1. The molecular weight excluding hydrogens is 246 g/mol. The third-order valence-corrected chi connectivity index (χ3v) is 3.48. The molecule has 0 aliphatic heterocycles. The molecule has 2 rings (SSSR count). The largest absolute Gasteiger partial charge is 0.326 e. The number of rotatable bonds is 6. The second-order valence-corrected chi connectivity index (χ2v) is 5.23. The van der Waals surface area contributed by atoms with Crippen LogP contribution in [-0.2, 0) is 19.5 Å². The number of nitrogens with two attached hydrogens (primary N) is 1. The fourth-order valence-corrected chi connectivity index (χ4v) is 2.35. The molecule has 1 heterocycles. The molecule has 0 atom stereocenters. The van der Waals surface area contributed by atoms with Crippen LogP contribution >= 0.6 is 0 Å². The molecule has 3 nitrogen and oxygen atoms in total. The molecule has 0 amide bonds. The van der Waals surface area contributed by atoms with E-state index in [4.69, 9.17) is 5.73 Å². The lowest BCUT2D eigenvalue weighted by Gasteiger charge is -2.17. The number of aryl methyl sites for hydroxylation is 1. The van der Waals surface area contributed by atoms with E-state index in [-0.39, 0.29) is 0 Å². The van der Waals surface area contributed by atoms with Crippen molar-refractivity contribution in [3.05, 3.63) is 65.0 Å². The first kappa shape index (κ1) is 14.7. The van der Waals surface area contributed by atoms with Crippen LogP contribution in [-0.4, -0.2) is 23.5 Å². The lowest BCUT2D eigenvalue weighted by Crippen LogP contribution is -2.22. The maximum atomic E-state index is 5.77. The van der Waals surface area contributed by atoms with E-state index >= 15 is 0 Å². The zero-order chi connectivity index (χ0) is 14.4. The summed E-state index contributed by atoms with van der Waals surface area (Å²) in [6.45, 7) is 4.53. The van der Waals surface area contributed by atoms with E-state index in [0.29, 0.717) is 6.54 Å². The minimum atomic E-state index is 0.610. The first-order chi connectivity index (χ1) is 9.69. The van der Waals surface area contributed by atoms with Crippen LogP contribution in [0.25, 0.3) is 0 Å². The summed E-state index contributed by atoms with van der Waals surface area (Å²) < 4.78 is 0. The van der Waals surface area contributed by atoms with Crippen LogP contribution in [0.15, 0.2) is 42.5 Å². The van der Waals surface area contributed by atoms with Gasteiger partial charge in [-0.15, -0.1) is 0 Å². The summed E-state index contributed by atoms with van der Waals surface area (Å²) in [5, 5.41) is 0. The highest BCUT2D eigenvalue weighted by Crippen LogP contribution is 2.10. The minimum absolute atomic E-state index is 0.610. The molecule has 0 aliphatic rings. The lowest BCUT2D eigenvalue weighted by atomic mass is 10.0. The molecular formula is C17H23N3. The molecule has 0 saturated heterocycles. The standard InChI is InChI=1S/C17H23N3/c1-14-6-5-9-17(19-14)13-20(2)11-10-15-7-3-4-8-16(15)12-18/h3-9H,10-13,18H2,1-2H3. The third kappa shape index (κ3) is 4.15. The van der Waals surface area contributed by atoms with Crippen LogP contribution in [0.1, 0.15) is 22.5 Å². The number of aromatic nitrogens is 1. The highest BCUT2D eigenvalue weighted by atomic mass is 15.1. The van der Waals surface area contributed by atoms with Gasteiger partial charge in [-0.25, -0.2) is 0 Å². The topological polar surface area (TPSA) is 42.1 Å². The normalized spacial score (nSPS) is 11.0. The lowest BCUT2D eigenvalue weighted by molar-refractivity contribution is 0.326. The van der Waals surface area contributed by atoms with Crippen LogP contribution in [0.5, 0.6) is 0 Å². The van der Waals surface area contributed by atoms with E-state index in [9.17, 15) is 0 Å². The summed E-state index contributed by atoms with van der Waals surface area (Å²) in [6, 6.07) is 14.6. The monoisotopic (exact) mass is 269 g/mol. The molecule has 0 unspecified atom stereocenters. The van der Waals surface area contributed by atoms with E-state index in [1.165, 1.54) is 11.1 Å². The van der Waals surface area contributed by atoms with Crippen LogP contribution < -0.4 is 5.73 Å². The number of pyridine rings is 1. The molecule has 0 aliphatic carbocycles. The van der Waals surface area contributed by atoms with E-state index in [2.05, 4.69) is 47.3 Å². The molecule has 2 N–H and O–H groups in total. The molecule has 0 spiro atoms. The highest BCUT2D eigenvalue weighted by molar-refractivity contribution is 5.27. The Balaban J connectivity index is 1.90. The predicted molar refractivity (Wildman–Crippen MR) is 83.3 cm³/mol. The SMILES string of the molecule is Cc1cccc(CN(C)CCc2ccccc2CN)n1. The van der Waals surface area contributed by atoms with Gasteiger partial charge in [-0.2, -0.15) is 0 Å². The molecule has 0 bridgehead atoms. The zero-order valence-corrected chi connectivity index (χ0v) is 12.3. The quantitative estimate of drug-likeness (QED) is 0.876. The molecule has 20 heavy (non-hydrogen) atoms. The first-order valence-electron chi connectivity index (χ1n) is 7.07. The Morgan fingerprint density at radius 2 is 1.80 bits per heavy atom. The van der Waals surface area contributed by atoms with Crippen molar-refractivity contribution in [1.82, 2.24) is 9.88 Å². The van der Waals surface area contributed by atoms with Crippen molar-refractivity contribution in [3.8, 4) is 0 Å². The molecule has 1 aromatic carbocycles. The summed E-state index contributed by atoms with van der Waals surface area (Å²) in [5.74, 6) is 0. The van der Waals surface area contributed by atoms with Gasteiger partial charge in [-0.3, -0.25) is 4.98 Å². The summed E-state index contributed by atoms with van der Waals surface area (Å²) in [7, 11) is 2.13. The van der Waals surface area contributed by atoms with Gasteiger partial charge < -0.3 is 10.6 Å². The first-order valence-corrected chi connectivity index (χ1v) is 7.07. The van der Waals surface area contributed by atoms with Crippen LogP contribution in [0.4, 0.5) is 0 Å². The molecule has 3 heteroatoms. The highest BCUT2D eigenvalue weighted by Gasteiger charge is 2.04. The van der Waals surface area contributed by atoms with Crippen LogP contribution in [0.3, 0.4) is 0 Å². The van der Waals surface area contributed by atoms with Crippen molar-refractivity contribution >= 4 is 0 Å². The van der Waals surface area contributed by atoms with E-state index in [1.54, 1.807) is 0 Å². The van der Waals surface area contributed by atoms with Gasteiger partial charge >= 0.3 is 0 Å². The Kier molecular flexibility index (Phi) is 5.27. The minimum Gasteiger partial charge on any atom is -0.326 e. The van der Waals surface area contributed by atoms with Gasteiger partial charge in [0.25, 0.3) is 0 Å². The number of likely N-dealkylation sites (N-methyl/N-ethyl adjacent to an activating group) is 1. The second-order valence-electron chi connectivity index (χ2n) is 5.23. The molecule has 106 valence electrons. The van der Waals surface area contributed by atoms with Gasteiger partial charge in [0.2, 0.25) is 0 Å². The van der Waals surface area contributed by atoms with Crippen molar-refractivity contribution in [2.24, 2.45) is 5.73 Å². The fourth-order valence-electron chi connectivity index (χ4n) is 2.35. The summed E-state index contributed by atoms with van der Waals surface area (Å²) in [6.07, 6.45) is 1.02. The van der Waals surface area contributed by atoms with Crippen LogP contribution in [0.2, 0.25) is 0 Å². The Hall–Kier alpha value is -1.71. The second kappa shape index (κ2) is 7.17. The van der Waals surface area contributed by atoms with Gasteiger partial charge in [0.1, 0.15) is 0 Å². The fraction of sp³-hybridized carbons (Fsp3) is 0.353. The van der Waals surface area contributed by atoms with E-state index < -0.39 is 0 Å². The maximum Gasteiger partial charge on any atom is 0.0547 e. The average Bonchev–Trinajstić information content (AvgIpc) is 2.45. The van der Waals surface area contributed by atoms with Gasteiger partial charge in [0.05, 0.1) is 5.69 Å². The smallest absolute Gasteiger partial charge is 0.0547 e. The van der Waals surface area contributed by atoms with Gasteiger partial charge in [0.15, 0.2) is 0 Å². The van der Waals surface area contributed by atoms with Crippen LogP contribution in [0, 0.1) is 6.92 Å².